The lowest BCUT2D eigenvalue weighted by Gasteiger charge is -2.18. The van der Waals surface area contributed by atoms with Gasteiger partial charge in [0, 0.05) is 4.83 Å². The molecule has 2 atom stereocenters. The topological polar surface area (TPSA) is 0 Å². The van der Waals surface area contributed by atoms with Gasteiger partial charge in [-0.1, -0.05) is 35.0 Å². The summed E-state index contributed by atoms with van der Waals surface area (Å²) in [6.45, 7) is 4.09. The number of benzene rings is 1. The number of alkyl halides is 1. The van der Waals surface area contributed by atoms with E-state index < -0.39 is 0 Å². The zero-order valence-corrected chi connectivity index (χ0v) is 10.7. The van der Waals surface area contributed by atoms with Crippen molar-refractivity contribution >= 4 is 15.9 Å². The first-order chi connectivity index (χ1) is 7.09. The van der Waals surface area contributed by atoms with Gasteiger partial charge in [0.05, 0.1) is 0 Å². The van der Waals surface area contributed by atoms with E-state index in [9.17, 15) is 4.39 Å². The van der Waals surface area contributed by atoms with E-state index in [4.69, 9.17) is 0 Å². The fourth-order valence-electron chi connectivity index (χ4n) is 2.00. The highest BCUT2D eigenvalue weighted by Gasteiger charge is 2.32. The highest BCUT2D eigenvalue weighted by atomic mass is 79.9. The Hall–Kier alpha value is -0.370. The van der Waals surface area contributed by atoms with E-state index in [1.807, 2.05) is 19.1 Å². The molecule has 1 aromatic rings. The summed E-state index contributed by atoms with van der Waals surface area (Å²) in [5, 5.41) is 0. The predicted molar refractivity (Wildman–Crippen MR) is 64.7 cm³/mol. The Morgan fingerprint density at radius 3 is 2.60 bits per heavy atom. The number of aryl methyl sites for hydroxylation is 1. The van der Waals surface area contributed by atoms with Gasteiger partial charge in [-0.15, -0.1) is 0 Å². The molecule has 2 rings (SSSR count). The van der Waals surface area contributed by atoms with E-state index in [0.29, 0.717) is 10.7 Å². The molecular weight excluding hydrogens is 255 g/mol. The van der Waals surface area contributed by atoms with Crippen LogP contribution < -0.4 is 0 Å². The van der Waals surface area contributed by atoms with Gasteiger partial charge in [-0.3, -0.25) is 0 Å². The number of hydrogen-bond donors (Lipinski definition) is 0. The summed E-state index contributed by atoms with van der Waals surface area (Å²) < 4.78 is 13.1. The maximum atomic E-state index is 13.1. The average Bonchev–Trinajstić information content (AvgIpc) is 3.03. The van der Waals surface area contributed by atoms with E-state index in [-0.39, 0.29) is 5.82 Å². The Kier molecular flexibility index (Phi) is 3.15. The normalized spacial score (nSPS) is 20.0. The van der Waals surface area contributed by atoms with Crippen molar-refractivity contribution in [3.05, 3.63) is 35.1 Å². The van der Waals surface area contributed by atoms with Crippen LogP contribution in [0.2, 0.25) is 0 Å². The molecule has 0 saturated heterocycles. The van der Waals surface area contributed by atoms with Crippen molar-refractivity contribution < 1.29 is 4.39 Å². The molecule has 0 aliphatic heterocycles. The van der Waals surface area contributed by atoms with Gasteiger partial charge in [-0.2, -0.15) is 0 Å². The molecule has 15 heavy (non-hydrogen) atoms. The fraction of sp³-hybridized carbons (Fsp3) is 0.538. The molecule has 0 spiro atoms. The van der Waals surface area contributed by atoms with E-state index in [1.165, 1.54) is 18.4 Å². The van der Waals surface area contributed by atoms with Gasteiger partial charge in [-0.25, -0.2) is 4.39 Å². The van der Waals surface area contributed by atoms with E-state index in [1.54, 1.807) is 6.07 Å². The lowest BCUT2D eigenvalue weighted by Crippen LogP contribution is -2.06. The zero-order valence-electron chi connectivity index (χ0n) is 9.13. The highest BCUT2D eigenvalue weighted by Crippen LogP contribution is 2.46. The van der Waals surface area contributed by atoms with Gasteiger partial charge in [0.25, 0.3) is 0 Å². The summed E-state index contributed by atoms with van der Waals surface area (Å²) in [5.41, 5.74) is 1.94. The van der Waals surface area contributed by atoms with Crippen molar-refractivity contribution in [2.45, 2.75) is 31.5 Å². The zero-order chi connectivity index (χ0) is 11.0. The van der Waals surface area contributed by atoms with Crippen LogP contribution in [0.5, 0.6) is 0 Å². The molecule has 1 aliphatic rings. The third-order valence-electron chi connectivity index (χ3n) is 3.33. The van der Waals surface area contributed by atoms with Gasteiger partial charge in [-0.05, 0) is 48.8 Å². The molecular formula is C13H16BrF. The largest absolute Gasteiger partial charge is 0.207 e. The van der Waals surface area contributed by atoms with Crippen LogP contribution in [0.15, 0.2) is 18.2 Å². The molecule has 1 aliphatic carbocycles. The van der Waals surface area contributed by atoms with Gasteiger partial charge in [0.1, 0.15) is 5.82 Å². The van der Waals surface area contributed by atoms with Gasteiger partial charge in [0.2, 0.25) is 0 Å². The molecule has 0 bridgehead atoms. The average molecular weight is 271 g/mol. The van der Waals surface area contributed by atoms with Crippen molar-refractivity contribution in [1.82, 2.24) is 0 Å². The third-order valence-corrected chi connectivity index (χ3v) is 4.69. The van der Waals surface area contributed by atoms with Gasteiger partial charge >= 0.3 is 0 Å². The van der Waals surface area contributed by atoms with E-state index in [0.717, 1.165) is 11.5 Å². The van der Waals surface area contributed by atoms with Crippen molar-refractivity contribution in [1.29, 1.82) is 0 Å². The molecule has 0 amide bonds. The Bertz CT molecular complexity index is 358. The SMILES string of the molecule is Cc1cc(C(Br)C(C)C2CC2)ccc1F. The molecule has 0 radical (unpaired) electrons. The second-order valence-electron chi connectivity index (χ2n) is 4.61. The van der Waals surface area contributed by atoms with Crippen LogP contribution in [-0.2, 0) is 0 Å². The lowest BCUT2D eigenvalue weighted by molar-refractivity contribution is 0.502. The molecule has 1 fully saturated rings. The monoisotopic (exact) mass is 270 g/mol. The molecule has 0 aromatic heterocycles. The van der Waals surface area contributed by atoms with E-state index in [2.05, 4.69) is 22.9 Å². The summed E-state index contributed by atoms with van der Waals surface area (Å²) in [4.78, 5) is 0.365. The first kappa shape index (κ1) is 11.1. The molecule has 1 aromatic carbocycles. The van der Waals surface area contributed by atoms with Crippen LogP contribution in [0, 0.1) is 24.6 Å². The summed E-state index contributed by atoms with van der Waals surface area (Å²) >= 11 is 3.73. The first-order valence-corrected chi connectivity index (χ1v) is 6.41. The Labute approximate surface area is 99.0 Å². The number of rotatable bonds is 3. The second-order valence-corrected chi connectivity index (χ2v) is 5.59. The Morgan fingerprint density at radius 2 is 2.07 bits per heavy atom. The Balaban J connectivity index is 2.17. The van der Waals surface area contributed by atoms with Crippen LogP contribution >= 0.6 is 15.9 Å². The van der Waals surface area contributed by atoms with Crippen LogP contribution in [0.25, 0.3) is 0 Å². The van der Waals surface area contributed by atoms with Crippen molar-refractivity contribution in [3.63, 3.8) is 0 Å². The van der Waals surface area contributed by atoms with Gasteiger partial charge < -0.3 is 0 Å². The molecule has 0 nitrogen and oxygen atoms in total. The summed E-state index contributed by atoms with van der Waals surface area (Å²) in [5.74, 6) is 1.40. The van der Waals surface area contributed by atoms with Crippen LogP contribution in [0.4, 0.5) is 4.39 Å². The maximum Gasteiger partial charge on any atom is 0.126 e. The van der Waals surface area contributed by atoms with Crippen LogP contribution in [0.3, 0.4) is 0 Å². The Morgan fingerprint density at radius 1 is 1.40 bits per heavy atom. The number of halogens is 2. The van der Waals surface area contributed by atoms with E-state index >= 15 is 0 Å². The smallest absolute Gasteiger partial charge is 0.126 e. The quantitative estimate of drug-likeness (QED) is 0.704. The molecule has 0 heterocycles. The lowest BCUT2D eigenvalue weighted by atomic mass is 9.95. The molecule has 82 valence electrons. The third kappa shape index (κ3) is 2.41. The summed E-state index contributed by atoms with van der Waals surface area (Å²) in [7, 11) is 0. The molecule has 1 saturated carbocycles. The van der Waals surface area contributed by atoms with Crippen molar-refractivity contribution in [2.75, 3.05) is 0 Å². The molecule has 2 unspecified atom stereocenters. The standard InChI is InChI=1S/C13H16BrF/c1-8-7-11(5-6-12(8)15)13(14)9(2)10-3-4-10/h5-7,9-10,13H,3-4H2,1-2H3. The minimum absolute atomic E-state index is 0.113. The maximum absolute atomic E-state index is 13.1. The predicted octanol–water partition coefficient (Wildman–Crippen LogP) is 4.62. The van der Waals surface area contributed by atoms with Gasteiger partial charge in [0.15, 0.2) is 0 Å². The second kappa shape index (κ2) is 4.25. The highest BCUT2D eigenvalue weighted by molar-refractivity contribution is 9.09. The molecule has 2 heteroatoms. The summed E-state index contributed by atoms with van der Waals surface area (Å²) in [6.07, 6.45) is 2.70. The van der Waals surface area contributed by atoms with Crippen LogP contribution in [-0.4, -0.2) is 0 Å². The number of hydrogen-bond acceptors (Lipinski definition) is 0. The summed E-state index contributed by atoms with van der Waals surface area (Å²) in [6, 6.07) is 5.41. The molecule has 0 N–H and O–H groups in total. The minimum Gasteiger partial charge on any atom is -0.207 e. The first-order valence-electron chi connectivity index (χ1n) is 5.49. The minimum atomic E-state index is -0.113. The van der Waals surface area contributed by atoms with Crippen molar-refractivity contribution in [3.8, 4) is 0 Å². The van der Waals surface area contributed by atoms with Crippen LogP contribution in [0.1, 0.15) is 35.7 Å². The fourth-order valence-corrected chi connectivity index (χ4v) is 2.72. The van der Waals surface area contributed by atoms with Crippen molar-refractivity contribution in [2.24, 2.45) is 11.8 Å².